The third-order valence-electron chi connectivity index (χ3n) is 3.12. The van der Waals surface area contributed by atoms with E-state index < -0.39 is 0 Å². The number of carbonyl (C=O) groups is 2. The van der Waals surface area contributed by atoms with Gasteiger partial charge in [-0.25, -0.2) is 4.98 Å². The number of amides is 2. The molecule has 1 fully saturated rings. The van der Waals surface area contributed by atoms with Crippen LogP contribution in [0.4, 0.5) is 5.69 Å². The van der Waals surface area contributed by atoms with Crippen molar-refractivity contribution in [3.63, 3.8) is 0 Å². The smallest absolute Gasteiger partial charge is 0.243 e. The summed E-state index contributed by atoms with van der Waals surface area (Å²) in [6, 6.07) is 5.60. The molecular formula is C13H13N3O2S. The van der Waals surface area contributed by atoms with E-state index in [-0.39, 0.29) is 18.4 Å². The number of carbonyl (C=O) groups excluding carboxylic acids is 2. The molecule has 1 N–H and O–H groups in total. The van der Waals surface area contributed by atoms with E-state index in [1.54, 1.807) is 10.4 Å². The Labute approximate surface area is 114 Å². The van der Waals surface area contributed by atoms with Gasteiger partial charge >= 0.3 is 0 Å². The maximum Gasteiger partial charge on any atom is 0.243 e. The van der Waals surface area contributed by atoms with E-state index in [9.17, 15) is 9.59 Å². The Kier molecular flexibility index (Phi) is 3.16. The van der Waals surface area contributed by atoms with E-state index in [0.29, 0.717) is 13.0 Å². The zero-order valence-electron chi connectivity index (χ0n) is 10.3. The number of anilines is 1. The van der Waals surface area contributed by atoms with Gasteiger partial charge in [0.1, 0.15) is 0 Å². The lowest BCUT2D eigenvalue weighted by Gasteiger charge is -2.14. The van der Waals surface area contributed by atoms with Gasteiger partial charge < -0.3 is 10.2 Å². The molecule has 0 atom stereocenters. The molecule has 0 saturated carbocycles. The fourth-order valence-corrected chi connectivity index (χ4v) is 2.89. The van der Waals surface area contributed by atoms with Crippen LogP contribution < -0.4 is 5.32 Å². The minimum absolute atomic E-state index is 0.0630. The Hall–Kier alpha value is -1.95. The number of rotatable bonds is 3. The van der Waals surface area contributed by atoms with E-state index >= 15 is 0 Å². The number of nitrogens with zero attached hydrogens (tertiary/aromatic N) is 2. The summed E-state index contributed by atoms with van der Waals surface area (Å²) in [4.78, 5) is 29.1. The average Bonchev–Trinajstić information content (AvgIpc) is 2.98. The molecule has 0 bridgehead atoms. The molecule has 1 aliphatic rings. The minimum Gasteiger partial charge on any atom is -0.333 e. The highest BCUT2D eigenvalue weighted by Gasteiger charge is 2.22. The SMILES string of the molecule is O=C(CN1CCCC1=O)Nc1ccc2ncsc2c1. The Bertz CT molecular complexity index is 638. The summed E-state index contributed by atoms with van der Waals surface area (Å²) >= 11 is 1.53. The van der Waals surface area contributed by atoms with Crippen molar-refractivity contribution >= 4 is 39.1 Å². The van der Waals surface area contributed by atoms with Crippen molar-refractivity contribution in [2.24, 2.45) is 0 Å². The summed E-state index contributed by atoms with van der Waals surface area (Å²) in [7, 11) is 0. The van der Waals surface area contributed by atoms with Gasteiger partial charge in [0, 0.05) is 18.7 Å². The standard InChI is InChI=1S/C13H13N3O2S/c17-12(7-16-5-1-2-13(16)18)15-9-3-4-10-11(6-9)19-8-14-10/h3-4,6,8H,1-2,5,7H2,(H,15,17). The second kappa shape index (κ2) is 4.97. The Morgan fingerprint density at radius 1 is 1.47 bits per heavy atom. The van der Waals surface area contributed by atoms with Gasteiger partial charge in [0.15, 0.2) is 0 Å². The van der Waals surface area contributed by atoms with E-state index in [4.69, 9.17) is 0 Å². The van der Waals surface area contributed by atoms with Crippen LogP contribution in [-0.4, -0.2) is 34.8 Å². The normalized spacial score (nSPS) is 15.2. The summed E-state index contributed by atoms with van der Waals surface area (Å²) in [6.45, 7) is 0.819. The van der Waals surface area contributed by atoms with Crippen molar-refractivity contribution in [3.05, 3.63) is 23.7 Å². The van der Waals surface area contributed by atoms with Gasteiger partial charge in [0.25, 0.3) is 0 Å². The highest BCUT2D eigenvalue weighted by atomic mass is 32.1. The van der Waals surface area contributed by atoms with Crippen LogP contribution in [0.5, 0.6) is 0 Å². The molecule has 2 aromatic rings. The number of thiazole rings is 1. The first-order valence-electron chi connectivity index (χ1n) is 6.13. The first-order valence-corrected chi connectivity index (χ1v) is 7.01. The van der Waals surface area contributed by atoms with E-state index in [0.717, 1.165) is 22.3 Å². The number of likely N-dealkylation sites (tertiary alicyclic amines) is 1. The number of fused-ring (bicyclic) bond motifs is 1. The van der Waals surface area contributed by atoms with Crippen molar-refractivity contribution in [3.8, 4) is 0 Å². The lowest BCUT2D eigenvalue weighted by atomic mass is 10.3. The number of benzene rings is 1. The molecule has 2 heterocycles. The van der Waals surface area contributed by atoms with Gasteiger partial charge in [-0.3, -0.25) is 9.59 Å². The second-order valence-corrected chi connectivity index (χ2v) is 5.39. The minimum atomic E-state index is -0.154. The Morgan fingerprint density at radius 2 is 2.37 bits per heavy atom. The molecule has 1 saturated heterocycles. The van der Waals surface area contributed by atoms with Crippen LogP contribution in [0.15, 0.2) is 23.7 Å². The van der Waals surface area contributed by atoms with Gasteiger partial charge in [-0.05, 0) is 24.6 Å². The van der Waals surface area contributed by atoms with Crippen LogP contribution in [0.1, 0.15) is 12.8 Å². The van der Waals surface area contributed by atoms with Crippen LogP contribution in [0.3, 0.4) is 0 Å². The van der Waals surface area contributed by atoms with Gasteiger partial charge in [-0.2, -0.15) is 0 Å². The zero-order chi connectivity index (χ0) is 13.2. The van der Waals surface area contributed by atoms with Crippen molar-refractivity contribution in [1.82, 2.24) is 9.88 Å². The number of hydrogen-bond donors (Lipinski definition) is 1. The van der Waals surface area contributed by atoms with Crippen molar-refractivity contribution in [2.75, 3.05) is 18.4 Å². The number of hydrogen-bond acceptors (Lipinski definition) is 4. The van der Waals surface area contributed by atoms with Gasteiger partial charge in [-0.1, -0.05) is 0 Å². The molecule has 19 heavy (non-hydrogen) atoms. The maximum atomic E-state index is 11.9. The molecule has 0 radical (unpaired) electrons. The molecule has 1 aromatic heterocycles. The predicted octanol–water partition coefficient (Wildman–Crippen LogP) is 1.86. The topological polar surface area (TPSA) is 62.3 Å². The monoisotopic (exact) mass is 275 g/mol. The first-order chi connectivity index (χ1) is 9.22. The van der Waals surface area contributed by atoms with Gasteiger partial charge in [0.05, 0.1) is 22.3 Å². The molecule has 2 amide bonds. The molecule has 6 heteroatoms. The molecular weight excluding hydrogens is 262 g/mol. The number of aromatic nitrogens is 1. The summed E-state index contributed by atoms with van der Waals surface area (Å²) in [5, 5.41) is 2.82. The van der Waals surface area contributed by atoms with E-state index in [1.165, 1.54) is 11.3 Å². The third kappa shape index (κ3) is 2.58. The maximum absolute atomic E-state index is 11.9. The predicted molar refractivity (Wildman–Crippen MR) is 74.1 cm³/mol. The van der Waals surface area contributed by atoms with Crippen molar-refractivity contribution in [1.29, 1.82) is 0 Å². The molecule has 1 aromatic carbocycles. The third-order valence-corrected chi connectivity index (χ3v) is 3.91. The van der Waals surface area contributed by atoms with Gasteiger partial charge in [0.2, 0.25) is 11.8 Å². The van der Waals surface area contributed by atoms with Crippen LogP contribution >= 0.6 is 11.3 Å². The molecule has 0 aliphatic carbocycles. The van der Waals surface area contributed by atoms with Gasteiger partial charge in [-0.15, -0.1) is 11.3 Å². The fourth-order valence-electron chi connectivity index (χ4n) is 2.18. The van der Waals surface area contributed by atoms with Crippen molar-refractivity contribution < 1.29 is 9.59 Å². The van der Waals surface area contributed by atoms with Crippen LogP contribution in [0.2, 0.25) is 0 Å². The molecule has 0 unspecified atom stereocenters. The first kappa shape index (κ1) is 12.1. The van der Waals surface area contributed by atoms with E-state index in [2.05, 4.69) is 10.3 Å². The molecule has 5 nitrogen and oxygen atoms in total. The largest absolute Gasteiger partial charge is 0.333 e. The second-order valence-electron chi connectivity index (χ2n) is 4.50. The summed E-state index contributed by atoms with van der Waals surface area (Å²) in [6.07, 6.45) is 1.40. The molecule has 0 spiro atoms. The van der Waals surface area contributed by atoms with Crippen LogP contribution in [0, 0.1) is 0 Å². The van der Waals surface area contributed by atoms with Crippen LogP contribution in [0.25, 0.3) is 10.2 Å². The highest BCUT2D eigenvalue weighted by molar-refractivity contribution is 7.16. The molecule has 1 aliphatic heterocycles. The quantitative estimate of drug-likeness (QED) is 0.930. The summed E-state index contributed by atoms with van der Waals surface area (Å²) in [5.74, 6) is -0.0906. The summed E-state index contributed by atoms with van der Waals surface area (Å²) < 4.78 is 1.04. The zero-order valence-corrected chi connectivity index (χ0v) is 11.1. The lowest BCUT2D eigenvalue weighted by molar-refractivity contribution is -0.131. The molecule has 3 rings (SSSR count). The van der Waals surface area contributed by atoms with E-state index in [1.807, 2.05) is 18.2 Å². The Morgan fingerprint density at radius 3 is 3.16 bits per heavy atom. The van der Waals surface area contributed by atoms with Crippen LogP contribution in [-0.2, 0) is 9.59 Å². The number of nitrogens with one attached hydrogen (secondary N) is 1. The summed E-state index contributed by atoms with van der Waals surface area (Å²) in [5.41, 5.74) is 3.45. The lowest BCUT2D eigenvalue weighted by Crippen LogP contribution is -2.33. The Balaban J connectivity index is 1.66. The highest BCUT2D eigenvalue weighted by Crippen LogP contribution is 2.21. The molecule has 98 valence electrons. The average molecular weight is 275 g/mol. The van der Waals surface area contributed by atoms with Crippen molar-refractivity contribution in [2.45, 2.75) is 12.8 Å². The fraction of sp³-hybridized carbons (Fsp3) is 0.308.